The predicted octanol–water partition coefficient (Wildman–Crippen LogP) is 5.11. The molecule has 4 unspecified atom stereocenters. The Morgan fingerprint density at radius 3 is 2.67 bits per heavy atom. The molecule has 3 rings (SSSR count). The van der Waals surface area contributed by atoms with Crippen LogP contribution in [0.5, 0.6) is 0 Å². The van der Waals surface area contributed by atoms with E-state index >= 15 is 0 Å². The smallest absolute Gasteiger partial charge is 0.0496 e. The SMILES string of the molecule is CC(C)C1=C2CCC(C)C3CCC(CO)/C3=C/C2(C)CC1. The van der Waals surface area contributed by atoms with E-state index in [0.29, 0.717) is 18.4 Å². The molecule has 0 amide bonds. The van der Waals surface area contributed by atoms with Gasteiger partial charge in [-0.05, 0) is 56.3 Å². The van der Waals surface area contributed by atoms with Crippen LogP contribution in [0, 0.1) is 29.1 Å². The standard InChI is InChI=1S/C20H32O/c1-13(2)16-9-10-20(4)11-18-15(12-21)6-7-17(18)14(3)5-8-19(16)20/h11,13-15,17,21H,5-10,12H2,1-4H3/b18-11-. The molecule has 0 radical (unpaired) electrons. The third-order valence-corrected chi connectivity index (χ3v) is 6.66. The van der Waals surface area contributed by atoms with Crippen LogP contribution in [0.2, 0.25) is 0 Å². The van der Waals surface area contributed by atoms with Crippen molar-refractivity contribution in [2.75, 3.05) is 6.61 Å². The highest BCUT2D eigenvalue weighted by molar-refractivity contribution is 5.37. The maximum atomic E-state index is 9.77. The average molecular weight is 288 g/mol. The Balaban J connectivity index is 2.05. The summed E-state index contributed by atoms with van der Waals surface area (Å²) in [7, 11) is 0. The van der Waals surface area contributed by atoms with E-state index in [2.05, 4.69) is 33.8 Å². The molecular weight excluding hydrogens is 256 g/mol. The molecule has 0 aromatic rings. The van der Waals surface area contributed by atoms with Crippen LogP contribution in [0.3, 0.4) is 0 Å². The molecule has 1 saturated carbocycles. The Morgan fingerprint density at radius 2 is 2.00 bits per heavy atom. The van der Waals surface area contributed by atoms with E-state index in [9.17, 15) is 5.11 Å². The Hall–Kier alpha value is -0.560. The molecule has 0 aromatic carbocycles. The molecule has 3 aliphatic carbocycles. The molecule has 1 nitrogen and oxygen atoms in total. The number of allylic oxidation sites excluding steroid dienone is 3. The van der Waals surface area contributed by atoms with Crippen LogP contribution in [0.15, 0.2) is 22.8 Å². The van der Waals surface area contributed by atoms with Gasteiger partial charge in [-0.25, -0.2) is 0 Å². The molecule has 0 spiro atoms. The number of fused-ring (bicyclic) bond motifs is 2. The number of aliphatic hydroxyl groups excluding tert-OH is 1. The third-order valence-electron chi connectivity index (χ3n) is 6.66. The summed E-state index contributed by atoms with van der Waals surface area (Å²) in [4.78, 5) is 0. The molecule has 1 N–H and O–H groups in total. The van der Waals surface area contributed by atoms with Crippen molar-refractivity contribution in [3.63, 3.8) is 0 Å². The molecular formula is C20H32O. The van der Waals surface area contributed by atoms with E-state index in [0.717, 1.165) is 11.8 Å². The minimum Gasteiger partial charge on any atom is -0.396 e. The van der Waals surface area contributed by atoms with E-state index in [1.807, 2.05) is 0 Å². The van der Waals surface area contributed by atoms with Crippen molar-refractivity contribution in [3.8, 4) is 0 Å². The van der Waals surface area contributed by atoms with Crippen molar-refractivity contribution in [2.45, 2.75) is 66.2 Å². The van der Waals surface area contributed by atoms with Crippen LogP contribution < -0.4 is 0 Å². The fraction of sp³-hybridized carbons (Fsp3) is 0.800. The summed E-state index contributed by atoms with van der Waals surface area (Å²) < 4.78 is 0. The summed E-state index contributed by atoms with van der Waals surface area (Å²) in [5.74, 6) is 2.65. The Morgan fingerprint density at radius 1 is 1.24 bits per heavy atom. The molecule has 0 heterocycles. The molecule has 0 bridgehead atoms. The van der Waals surface area contributed by atoms with Crippen LogP contribution in [0.25, 0.3) is 0 Å². The van der Waals surface area contributed by atoms with Crippen molar-refractivity contribution in [1.29, 1.82) is 0 Å². The first-order valence-electron chi connectivity index (χ1n) is 9.02. The van der Waals surface area contributed by atoms with Crippen molar-refractivity contribution in [2.24, 2.45) is 29.1 Å². The van der Waals surface area contributed by atoms with Crippen LogP contribution in [0.1, 0.15) is 66.2 Å². The van der Waals surface area contributed by atoms with Crippen molar-refractivity contribution in [1.82, 2.24) is 0 Å². The van der Waals surface area contributed by atoms with Gasteiger partial charge in [-0.3, -0.25) is 0 Å². The van der Waals surface area contributed by atoms with Gasteiger partial charge in [0.05, 0.1) is 0 Å². The van der Waals surface area contributed by atoms with E-state index < -0.39 is 0 Å². The second-order valence-electron chi connectivity index (χ2n) is 8.30. The van der Waals surface area contributed by atoms with Crippen LogP contribution in [-0.2, 0) is 0 Å². The molecule has 0 saturated heterocycles. The lowest BCUT2D eigenvalue weighted by Gasteiger charge is -2.34. The lowest BCUT2D eigenvalue weighted by molar-refractivity contribution is 0.246. The highest BCUT2D eigenvalue weighted by atomic mass is 16.3. The molecule has 0 aliphatic heterocycles. The number of hydrogen-bond acceptors (Lipinski definition) is 1. The second kappa shape index (κ2) is 5.57. The minimum atomic E-state index is 0.283. The Bertz CT molecular complexity index is 470. The van der Waals surface area contributed by atoms with Crippen molar-refractivity contribution >= 4 is 0 Å². The van der Waals surface area contributed by atoms with Gasteiger partial charge >= 0.3 is 0 Å². The molecule has 4 atom stereocenters. The monoisotopic (exact) mass is 288 g/mol. The Kier molecular flexibility index (Phi) is 4.07. The Labute approximate surface area is 130 Å². The zero-order valence-corrected chi connectivity index (χ0v) is 14.3. The summed E-state index contributed by atoms with van der Waals surface area (Å²) in [5, 5.41) is 9.77. The summed E-state index contributed by atoms with van der Waals surface area (Å²) in [6, 6.07) is 0. The number of aliphatic hydroxyl groups is 1. The van der Waals surface area contributed by atoms with Crippen LogP contribution >= 0.6 is 0 Å². The number of hydrogen-bond donors (Lipinski definition) is 1. The van der Waals surface area contributed by atoms with Crippen molar-refractivity contribution < 1.29 is 5.11 Å². The normalized spacial score (nSPS) is 42.4. The fourth-order valence-corrected chi connectivity index (χ4v) is 5.30. The summed E-state index contributed by atoms with van der Waals surface area (Å²) >= 11 is 0. The highest BCUT2D eigenvalue weighted by Gasteiger charge is 2.42. The highest BCUT2D eigenvalue weighted by Crippen LogP contribution is 2.54. The molecule has 118 valence electrons. The van der Waals surface area contributed by atoms with Gasteiger partial charge in [0.15, 0.2) is 0 Å². The predicted molar refractivity (Wildman–Crippen MR) is 89.0 cm³/mol. The van der Waals surface area contributed by atoms with Gasteiger partial charge in [0.2, 0.25) is 0 Å². The average Bonchev–Trinajstić information content (AvgIpc) is 2.96. The van der Waals surface area contributed by atoms with Gasteiger partial charge in [0.1, 0.15) is 0 Å². The van der Waals surface area contributed by atoms with Gasteiger partial charge in [0.25, 0.3) is 0 Å². The molecule has 1 fully saturated rings. The molecule has 1 heteroatoms. The van der Waals surface area contributed by atoms with E-state index in [4.69, 9.17) is 0 Å². The largest absolute Gasteiger partial charge is 0.396 e. The van der Waals surface area contributed by atoms with Crippen LogP contribution in [-0.4, -0.2) is 11.7 Å². The lowest BCUT2D eigenvalue weighted by Crippen LogP contribution is -2.23. The summed E-state index contributed by atoms with van der Waals surface area (Å²) in [6.07, 6.45) is 10.3. The fourth-order valence-electron chi connectivity index (χ4n) is 5.30. The summed E-state index contributed by atoms with van der Waals surface area (Å²) in [6.45, 7) is 9.97. The van der Waals surface area contributed by atoms with Gasteiger partial charge in [0, 0.05) is 17.9 Å². The minimum absolute atomic E-state index is 0.283. The molecule has 3 aliphatic rings. The zero-order chi connectivity index (χ0) is 15.2. The number of rotatable bonds is 2. The first-order valence-corrected chi connectivity index (χ1v) is 9.02. The second-order valence-corrected chi connectivity index (χ2v) is 8.30. The topological polar surface area (TPSA) is 20.2 Å². The van der Waals surface area contributed by atoms with Crippen molar-refractivity contribution in [3.05, 3.63) is 22.8 Å². The summed E-state index contributed by atoms with van der Waals surface area (Å²) in [5.41, 5.74) is 5.37. The molecule has 0 aromatic heterocycles. The quantitative estimate of drug-likeness (QED) is 0.700. The molecule has 21 heavy (non-hydrogen) atoms. The third kappa shape index (κ3) is 2.52. The maximum absolute atomic E-state index is 9.77. The van der Waals surface area contributed by atoms with Gasteiger partial charge in [-0.2, -0.15) is 0 Å². The van der Waals surface area contributed by atoms with E-state index in [1.165, 1.54) is 38.5 Å². The van der Waals surface area contributed by atoms with Crippen LogP contribution in [0.4, 0.5) is 0 Å². The maximum Gasteiger partial charge on any atom is 0.0496 e. The van der Waals surface area contributed by atoms with E-state index in [-0.39, 0.29) is 5.41 Å². The van der Waals surface area contributed by atoms with Gasteiger partial charge in [-0.1, -0.05) is 50.5 Å². The lowest BCUT2D eigenvalue weighted by atomic mass is 9.71. The first kappa shape index (κ1) is 15.3. The van der Waals surface area contributed by atoms with E-state index in [1.54, 1.807) is 16.7 Å². The zero-order valence-electron chi connectivity index (χ0n) is 14.3. The van der Waals surface area contributed by atoms with Gasteiger partial charge in [-0.15, -0.1) is 0 Å². The van der Waals surface area contributed by atoms with Gasteiger partial charge < -0.3 is 5.11 Å². The first-order chi connectivity index (χ1) is 9.96.